The highest BCUT2D eigenvalue weighted by molar-refractivity contribution is 5.94. The van der Waals surface area contributed by atoms with E-state index in [2.05, 4.69) is 11.1 Å². The topological polar surface area (TPSA) is 53.4 Å². The molecule has 0 bridgehead atoms. The minimum Gasteiger partial charge on any atom is -0.480 e. The Hall–Kier alpha value is -2.10. The van der Waals surface area contributed by atoms with E-state index in [-0.39, 0.29) is 0 Å². The van der Waals surface area contributed by atoms with Gasteiger partial charge in [0.1, 0.15) is 6.04 Å². The Morgan fingerprint density at radius 2 is 2.20 bits per heavy atom. The number of fused-ring (bicyclic) bond motifs is 1. The van der Waals surface area contributed by atoms with Crippen molar-refractivity contribution < 1.29 is 9.90 Å². The first-order valence-corrected chi connectivity index (χ1v) is 7.01. The van der Waals surface area contributed by atoms with Gasteiger partial charge in [-0.15, -0.1) is 0 Å². The fourth-order valence-electron chi connectivity index (χ4n) is 2.97. The van der Waals surface area contributed by atoms with E-state index < -0.39 is 12.0 Å². The third-order valence-corrected chi connectivity index (χ3v) is 3.97. The van der Waals surface area contributed by atoms with Crippen molar-refractivity contribution in [3.63, 3.8) is 0 Å². The number of carboxylic acid groups (broad SMARTS) is 1. The first kappa shape index (κ1) is 12.9. The Bertz CT molecular complexity index is 654. The van der Waals surface area contributed by atoms with E-state index in [1.807, 2.05) is 30.0 Å². The van der Waals surface area contributed by atoms with Gasteiger partial charge < -0.3 is 10.0 Å². The summed E-state index contributed by atoms with van der Waals surface area (Å²) in [5, 5.41) is 10.5. The Morgan fingerprint density at radius 1 is 1.35 bits per heavy atom. The van der Waals surface area contributed by atoms with Crippen LogP contribution in [-0.4, -0.2) is 28.6 Å². The molecule has 1 N–H and O–H groups in total. The van der Waals surface area contributed by atoms with Crippen LogP contribution in [0.15, 0.2) is 30.5 Å². The van der Waals surface area contributed by atoms with Gasteiger partial charge in [-0.1, -0.05) is 11.6 Å². The maximum atomic E-state index is 11.5. The van der Waals surface area contributed by atoms with Gasteiger partial charge in [-0.05, 0) is 44.4 Å². The predicted octanol–water partition coefficient (Wildman–Crippen LogP) is 2.99. The normalized spacial score (nSPS) is 19.2. The smallest absolute Gasteiger partial charge is 0.326 e. The van der Waals surface area contributed by atoms with Crippen LogP contribution in [0.5, 0.6) is 0 Å². The first-order valence-electron chi connectivity index (χ1n) is 7.01. The molecule has 2 heterocycles. The quantitative estimate of drug-likeness (QED) is 0.911. The monoisotopic (exact) mass is 270 g/mol. The number of nitrogens with zero attached hydrogens (tertiary/aromatic N) is 2. The van der Waals surface area contributed by atoms with Crippen LogP contribution < -0.4 is 4.90 Å². The minimum absolute atomic E-state index is 0.421. The fraction of sp³-hybridized carbons (Fsp3) is 0.375. The lowest BCUT2D eigenvalue weighted by Gasteiger charge is -2.35. The molecule has 2 aromatic rings. The molecule has 3 rings (SSSR count). The Balaban J connectivity index is 2.12. The number of pyridine rings is 1. The van der Waals surface area contributed by atoms with Crippen molar-refractivity contribution >= 4 is 22.6 Å². The van der Waals surface area contributed by atoms with Gasteiger partial charge in [-0.25, -0.2) is 4.79 Å². The summed E-state index contributed by atoms with van der Waals surface area (Å²) >= 11 is 0. The van der Waals surface area contributed by atoms with E-state index in [0.717, 1.165) is 41.5 Å². The number of aromatic nitrogens is 1. The van der Waals surface area contributed by atoms with E-state index in [4.69, 9.17) is 0 Å². The van der Waals surface area contributed by atoms with Crippen LogP contribution >= 0.6 is 0 Å². The minimum atomic E-state index is -0.734. The van der Waals surface area contributed by atoms with Gasteiger partial charge in [-0.3, -0.25) is 4.98 Å². The maximum absolute atomic E-state index is 11.5. The van der Waals surface area contributed by atoms with Crippen LogP contribution in [0.2, 0.25) is 0 Å². The SMILES string of the molecule is Cc1ccc2nccc(N3CCCCC3C(=O)O)c2c1. The van der Waals surface area contributed by atoms with Crippen molar-refractivity contribution in [2.24, 2.45) is 0 Å². The zero-order valence-corrected chi connectivity index (χ0v) is 11.5. The lowest BCUT2D eigenvalue weighted by atomic mass is 10.00. The number of aliphatic carboxylic acids is 1. The third kappa shape index (κ3) is 2.22. The first-order chi connectivity index (χ1) is 9.66. The lowest BCUT2D eigenvalue weighted by Crippen LogP contribution is -2.44. The van der Waals surface area contributed by atoms with Crippen LogP contribution in [0.1, 0.15) is 24.8 Å². The fourth-order valence-corrected chi connectivity index (χ4v) is 2.97. The molecule has 1 saturated heterocycles. The summed E-state index contributed by atoms with van der Waals surface area (Å²) in [4.78, 5) is 17.9. The van der Waals surface area contributed by atoms with Crippen molar-refractivity contribution in [1.82, 2.24) is 4.98 Å². The molecule has 20 heavy (non-hydrogen) atoms. The molecule has 1 aliphatic heterocycles. The number of carbonyl (C=O) groups is 1. The second-order valence-electron chi connectivity index (χ2n) is 5.39. The molecule has 0 radical (unpaired) electrons. The van der Waals surface area contributed by atoms with Gasteiger partial charge in [0.15, 0.2) is 0 Å². The Labute approximate surface area is 118 Å². The molecule has 0 spiro atoms. The molecular formula is C16H18N2O2. The summed E-state index contributed by atoms with van der Waals surface area (Å²) < 4.78 is 0. The van der Waals surface area contributed by atoms with Gasteiger partial charge in [0.25, 0.3) is 0 Å². The van der Waals surface area contributed by atoms with E-state index in [1.54, 1.807) is 6.20 Å². The number of hydrogen-bond acceptors (Lipinski definition) is 3. The molecule has 1 aromatic heterocycles. The Kier molecular flexibility index (Phi) is 3.30. The third-order valence-electron chi connectivity index (χ3n) is 3.97. The van der Waals surface area contributed by atoms with Gasteiger partial charge in [0.05, 0.1) is 5.52 Å². The van der Waals surface area contributed by atoms with E-state index in [9.17, 15) is 9.90 Å². The van der Waals surface area contributed by atoms with Crippen molar-refractivity contribution in [3.8, 4) is 0 Å². The van der Waals surface area contributed by atoms with Crippen LogP contribution in [0.25, 0.3) is 10.9 Å². The van der Waals surface area contributed by atoms with Gasteiger partial charge >= 0.3 is 5.97 Å². The molecule has 1 aromatic carbocycles. The molecule has 0 amide bonds. The maximum Gasteiger partial charge on any atom is 0.326 e. The number of anilines is 1. The summed E-state index contributed by atoms with van der Waals surface area (Å²) in [5.41, 5.74) is 3.07. The second-order valence-corrected chi connectivity index (χ2v) is 5.39. The average molecular weight is 270 g/mol. The number of carboxylic acids is 1. The molecule has 104 valence electrons. The average Bonchev–Trinajstić information content (AvgIpc) is 2.46. The summed E-state index contributed by atoms with van der Waals surface area (Å²) in [6.45, 7) is 2.84. The molecule has 1 atom stereocenters. The van der Waals surface area contributed by atoms with Crippen molar-refractivity contribution in [3.05, 3.63) is 36.0 Å². The molecule has 4 heteroatoms. The number of benzene rings is 1. The molecule has 4 nitrogen and oxygen atoms in total. The molecule has 0 aliphatic carbocycles. The lowest BCUT2D eigenvalue weighted by molar-refractivity contribution is -0.139. The summed E-state index contributed by atoms with van der Waals surface area (Å²) in [6.07, 6.45) is 4.50. The van der Waals surface area contributed by atoms with Gasteiger partial charge in [-0.2, -0.15) is 0 Å². The highest BCUT2D eigenvalue weighted by Crippen LogP contribution is 2.31. The van der Waals surface area contributed by atoms with Gasteiger partial charge in [0.2, 0.25) is 0 Å². The number of piperidine rings is 1. The summed E-state index contributed by atoms with van der Waals surface area (Å²) in [5.74, 6) is -0.734. The number of aryl methyl sites for hydroxylation is 1. The number of rotatable bonds is 2. The summed E-state index contributed by atoms with van der Waals surface area (Å²) in [7, 11) is 0. The highest BCUT2D eigenvalue weighted by Gasteiger charge is 2.29. The van der Waals surface area contributed by atoms with Crippen molar-refractivity contribution in [2.75, 3.05) is 11.4 Å². The molecule has 0 saturated carbocycles. The Morgan fingerprint density at radius 3 is 3.00 bits per heavy atom. The zero-order chi connectivity index (χ0) is 14.1. The van der Waals surface area contributed by atoms with Crippen molar-refractivity contribution in [1.29, 1.82) is 0 Å². The highest BCUT2D eigenvalue weighted by atomic mass is 16.4. The largest absolute Gasteiger partial charge is 0.480 e. The molecular weight excluding hydrogens is 252 g/mol. The summed E-state index contributed by atoms with van der Waals surface area (Å²) in [6, 6.07) is 7.63. The number of hydrogen-bond donors (Lipinski definition) is 1. The predicted molar refractivity (Wildman–Crippen MR) is 79.1 cm³/mol. The van der Waals surface area contributed by atoms with E-state index >= 15 is 0 Å². The van der Waals surface area contributed by atoms with Crippen LogP contribution in [0.3, 0.4) is 0 Å². The van der Waals surface area contributed by atoms with Crippen LogP contribution in [-0.2, 0) is 4.79 Å². The van der Waals surface area contributed by atoms with E-state index in [1.165, 1.54) is 0 Å². The molecule has 1 fully saturated rings. The molecule has 1 aliphatic rings. The molecule has 1 unspecified atom stereocenters. The van der Waals surface area contributed by atoms with Crippen LogP contribution in [0, 0.1) is 6.92 Å². The second kappa shape index (κ2) is 5.12. The standard InChI is InChI=1S/C16H18N2O2/c1-11-5-6-13-12(10-11)14(7-8-17-13)18-9-3-2-4-15(18)16(19)20/h5-8,10,15H,2-4,9H2,1H3,(H,19,20). The van der Waals surface area contributed by atoms with E-state index in [0.29, 0.717) is 6.42 Å². The van der Waals surface area contributed by atoms with Gasteiger partial charge in [0, 0.05) is 23.8 Å². The zero-order valence-electron chi connectivity index (χ0n) is 11.5. The van der Waals surface area contributed by atoms with Crippen molar-refractivity contribution in [2.45, 2.75) is 32.2 Å². The van der Waals surface area contributed by atoms with Crippen LogP contribution in [0.4, 0.5) is 5.69 Å².